The molecule has 0 amide bonds. The van der Waals surface area contributed by atoms with Gasteiger partial charge in [-0.3, -0.25) is 4.79 Å². The lowest BCUT2D eigenvalue weighted by atomic mass is 9.91. The minimum atomic E-state index is -0.0180. The van der Waals surface area contributed by atoms with E-state index in [0.717, 1.165) is 60.4 Å². The summed E-state index contributed by atoms with van der Waals surface area (Å²) in [4.78, 5) is 21.3. The molecule has 0 aromatic carbocycles. The van der Waals surface area contributed by atoms with Gasteiger partial charge in [0.15, 0.2) is 0 Å². The smallest absolute Gasteiger partial charge is 0.267 e. The Morgan fingerprint density at radius 2 is 2.03 bits per heavy atom. The Labute approximate surface area is 168 Å². The van der Waals surface area contributed by atoms with Crippen LogP contribution in [0.2, 0.25) is 0 Å². The first kappa shape index (κ1) is 18.2. The Bertz CT molecular complexity index is 1110. The van der Waals surface area contributed by atoms with Crippen LogP contribution in [-0.4, -0.2) is 42.0 Å². The van der Waals surface area contributed by atoms with Crippen LogP contribution < -0.4 is 10.9 Å². The fourth-order valence-corrected chi connectivity index (χ4v) is 4.35. The molecule has 9 nitrogen and oxygen atoms in total. The summed E-state index contributed by atoms with van der Waals surface area (Å²) in [5, 5.41) is 12.6. The highest BCUT2D eigenvalue weighted by Crippen LogP contribution is 2.30. The largest absolute Gasteiger partial charge is 0.376 e. The molecular weight excluding hydrogens is 370 g/mol. The Morgan fingerprint density at radius 3 is 2.86 bits per heavy atom. The van der Waals surface area contributed by atoms with Gasteiger partial charge in [0.1, 0.15) is 12.1 Å². The van der Waals surface area contributed by atoms with Gasteiger partial charge in [-0.15, -0.1) is 0 Å². The number of hydrogen-bond acceptors (Lipinski definition) is 7. The standard InChI is InChI=1S/C20H25N7O2/c1-12-13(2)23-20-21-11-22-27(20)19(12)24-15-3-5-16(6-4-15)26-18(28)9-14-10-29-8-7-17(14)25-26/h9,11,15-16,24H,3-8,10H2,1-2H3. The first-order chi connectivity index (χ1) is 14.1. The highest BCUT2D eigenvalue weighted by atomic mass is 16.5. The van der Waals surface area contributed by atoms with Crippen LogP contribution in [0.25, 0.3) is 5.78 Å². The summed E-state index contributed by atoms with van der Waals surface area (Å²) in [6.45, 7) is 5.22. The second-order valence-corrected chi connectivity index (χ2v) is 7.99. The van der Waals surface area contributed by atoms with Crippen molar-refractivity contribution < 1.29 is 4.74 Å². The topological polar surface area (TPSA) is 99.2 Å². The third-order valence-corrected chi connectivity index (χ3v) is 6.15. The van der Waals surface area contributed by atoms with Gasteiger partial charge in [-0.2, -0.15) is 19.7 Å². The minimum absolute atomic E-state index is 0.0180. The van der Waals surface area contributed by atoms with E-state index in [-0.39, 0.29) is 11.6 Å². The molecular formula is C20H25N7O2. The quantitative estimate of drug-likeness (QED) is 0.724. The molecule has 2 aliphatic rings. The Hall–Kier alpha value is -2.81. The number of hydrogen-bond donors (Lipinski definition) is 1. The van der Waals surface area contributed by atoms with Crippen LogP contribution in [0.4, 0.5) is 5.82 Å². The van der Waals surface area contributed by atoms with E-state index in [9.17, 15) is 4.79 Å². The molecule has 0 unspecified atom stereocenters. The van der Waals surface area contributed by atoms with E-state index < -0.39 is 0 Å². The predicted molar refractivity (Wildman–Crippen MR) is 107 cm³/mol. The third-order valence-electron chi connectivity index (χ3n) is 6.15. The van der Waals surface area contributed by atoms with E-state index in [1.807, 2.05) is 6.92 Å². The highest BCUT2D eigenvalue weighted by Gasteiger charge is 2.26. The van der Waals surface area contributed by atoms with Gasteiger partial charge in [0.25, 0.3) is 11.3 Å². The van der Waals surface area contributed by atoms with Crippen molar-refractivity contribution >= 4 is 11.6 Å². The van der Waals surface area contributed by atoms with E-state index in [4.69, 9.17) is 4.74 Å². The van der Waals surface area contributed by atoms with E-state index in [1.165, 1.54) is 6.33 Å². The molecule has 4 heterocycles. The lowest BCUT2D eigenvalue weighted by Crippen LogP contribution is -2.35. The Morgan fingerprint density at radius 1 is 1.21 bits per heavy atom. The molecule has 0 atom stereocenters. The zero-order chi connectivity index (χ0) is 20.0. The average Bonchev–Trinajstić information content (AvgIpc) is 3.19. The third kappa shape index (κ3) is 3.29. The van der Waals surface area contributed by atoms with Gasteiger partial charge >= 0.3 is 0 Å². The SMILES string of the molecule is Cc1nc2ncnn2c(NC2CCC(n3nc4c(cc3=O)COCC4)CC2)c1C. The van der Waals surface area contributed by atoms with Crippen molar-refractivity contribution in [2.24, 2.45) is 0 Å². The molecule has 0 bridgehead atoms. The van der Waals surface area contributed by atoms with E-state index in [1.54, 1.807) is 15.3 Å². The molecule has 1 aliphatic heterocycles. The van der Waals surface area contributed by atoms with Crippen LogP contribution >= 0.6 is 0 Å². The van der Waals surface area contributed by atoms with Gasteiger partial charge in [-0.1, -0.05) is 0 Å². The van der Waals surface area contributed by atoms with Crippen molar-refractivity contribution in [2.45, 2.75) is 64.6 Å². The summed E-state index contributed by atoms with van der Waals surface area (Å²) in [7, 11) is 0. The summed E-state index contributed by atoms with van der Waals surface area (Å²) >= 11 is 0. The molecule has 29 heavy (non-hydrogen) atoms. The average molecular weight is 395 g/mol. The molecule has 1 aliphatic carbocycles. The summed E-state index contributed by atoms with van der Waals surface area (Å²) in [6.07, 6.45) is 6.09. The van der Waals surface area contributed by atoms with Crippen molar-refractivity contribution in [3.8, 4) is 0 Å². The fourth-order valence-electron chi connectivity index (χ4n) is 4.35. The Kier molecular flexibility index (Phi) is 4.54. The van der Waals surface area contributed by atoms with Crippen LogP contribution in [0, 0.1) is 13.8 Å². The van der Waals surface area contributed by atoms with Gasteiger partial charge in [0, 0.05) is 35.3 Å². The number of fused-ring (bicyclic) bond motifs is 2. The first-order valence-electron chi connectivity index (χ1n) is 10.2. The second kappa shape index (κ2) is 7.22. The fraction of sp³-hybridized carbons (Fsp3) is 0.550. The number of anilines is 1. The number of aryl methyl sites for hydroxylation is 1. The molecule has 3 aromatic heterocycles. The van der Waals surface area contributed by atoms with Crippen LogP contribution in [0.3, 0.4) is 0 Å². The van der Waals surface area contributed by atoms with Crippen molar-refractivity contribution in [1.29, 1.82) is 0 Å². The molecule has 1 fully saturated rings. The molecule has 152 valence electrons. The van der Waals surface area contributed by atoms with Crippen molar-refractivity contribution in [2.75, 3.05) is 11.9 Å². The maximum Gasteiger partial charge on any atom is 0.267 e. The van der Waals surface area contributed by atoms with Gasteiger partial charge in [0.05, 0.1) is 24.9 Å². The Balaban J connectivity index is 1.32. The maximum absolute atomic E-state index is 12.6. The molecule has 0 radical (unpaired) electrons. The second-order valence-electron chi connectivity index (χ2n) is 7.99. The number of nitrogens with one attached hydrogen (secondary N) is 1. The highest BCUT2D eigenvalue weighted by molar-refractivity contribution is 5.52. The van der Waals surface area contributed by atoms with Gasteiger partial charge < -0.3 is 10.1 Å². The normalized spacial score (nSPS) is 21.9. The maximum atomic E-state index is 12.6. The van der Waals surface area contributed by atoms with Gasteiger partial charge in [-0.05, 0) is 39.5 Å². The zero-order valence-corrected chi connectivity index (χ0v) is 16.8. The number of aromatic nitrogens is 6. The minimum Gasteiger partial charge on any atom is -0.376 e. The van der Waals surface area contributed by atoms with E-state index in [0.29, 0.717) is 25.0 Å². The summed E-state index contributed by atoms with van der Waals surface area (Å²) in [6, 6.07) is 2.18. The molecule has 3 aromatic rings. The van der Waals surface area contributed by atoms with Crippen LogP contribution in [-0.2, 0) is 17.8 Å². The summed E-state index contributed by atoms with van der Waals surface area (Å²) in [5.41, 5.74) is 3.96. The number of ether oxygens (including phenoxy) is 1. The molecule has 9 heteroatoms. The van der Waals surface area contributed by atoms with Gasteiger partial charge in [-0.25, -0.2) is 9.67 Å². The van der Waals surface area contributed by atoms with Crippen molar-refractivity contribution in [1.82, 2.24) is 29.4 Å². The van der Waals surface area contributed by atoms with E-state index in [2.05, 4.69) is 32.4 Å². The van der Waals surface area contributed by atoms with Crippen LogP contribution in [0.15, 0.2) is 17.2 Å². The molecule has 1 N–H and O–H groups in total. The first-order valence-corrected chi connectivity index (χ1v) is 10.2. The molecule has 5 rings (SSSR count). The van der Waals surface area contributed by atoms with E-state index >= 15 is 0 Å². The lowest BCUT2D eigenvalue weighted by molar-refractivity contribution is 0.107. The van der Waals surface area contributed by atoms with Crippen LogP contribution in [0.1, 0.15) is 54.2 Å². The van der Waals surface area contributed by atoms with Crippen molar-refractivity contribution in [3.63, 3.8) is 0 Å². The predicted octanol–water partition coefficient (Wildman–Crippen LogP) is 1.97. The number of rotatable bonds is 3. The van der Waals surface area contributed by atoms with Crippen LogP contribution in [0.5, 0.6) is 0 Å². The summed E-state index contributed by atoms with van der Waals surface area (Å²) in [5.74, 6) is 1.57. The van der Waals surface area contributed by atoms with Gasteiger partial charge in [0.2, 0.25) is 0 Å². The number of nitrogens with zero attached hydrogens (tertiary/aromatic N) is 6. The van der Waals surface area contributed by atoms with Crippen molar-refractivity contribution in [3.05, 3.63) is 45.3 Å². The summed E-state index contributed by atoms with van der Waals surface area (Å²) < 4.78 is 8.91. The lowest BCUT2D eigenvalue weighted by Gasteiger charge is -2.31. The zero-order valence-electron chi connectivity index (χ0n) is 16.8. The molecule has 0 saturated heterocycles. The molecule has 0 spiro atoms. The monoisotopic (exact) mass is 395 g/mol. The molecule has 1 saturated carbocycles.